The molecule has 0 aliphatic carbocycles. The molecule has 9 heteroatoms. The maximum absolute atomic E-state index is 12.9. The van der Waals surface area contributed by atoms with Crippen molar-refractivity contribution in [2.45, 2.75) is 39.8 Å². The number of aromatic nitrogens is 5. The SMILES string of the molecule is Cc1cc(NC(=O)n2ccc3cc(Oc4ncnc5c4CCNC5)ccc32)nn1C(C)C. The van der Waals surface area contributed by atoms with Crippen LogP contribution in [-0.4, -0.2) is 36.9 Å². The fourth-order valence-corrected chi connectivity index (χ4v) is 4.06. The number of carbonyl (C=O) groups excluding carboxylic acids is 1. The molecule has 4 aromatic rings. The number of hydrogen-bond donors (Lipinski definition) is 2. The molecule has 0 atom stereocenters. The summed E-state index contributed by atoms with van der Waals surface area (Å²) >= 11 is 0. The minimum atomic E-state index is -0.264. The van der Waals surface area contributed by atoms with Crippen LogP contribution in [0.1, 0.15) is 36.8 Å². The second-order valence-electron chi connectivity index (χ2n) is 8.18. The summed E-state index contributed by atoms with van der Waals surface area (Å²) in [4.78, 5) is 21.5. The van der Waals surface area contributed by atoms with Gasteiger partial charge in [-0.05, 0) is 58.0 Å². The lowest BCUT2D eigenvalue weighted by Crippen LogP contribution is -2.25. The number of aryl methyl sites for hydroxylation is 1. The van der Waals surface area contributed by atoms with Gasteiger partial charge in [0.05, 0.1) is 11.2 Å². The zero-order valence-electron chi connectivity index (χ0n) is 18.3. The summed E-state index contributed by atoms with van der Waals surface area (Å²) in [5, 5.41) is 11.5. The van der Waals surface area contributed by atoms with Gasteiger partial charge < -0.3 is 10.1 Å². The first kappa shape index (κ1) is 20.2. The van der Waals surface area contributed by atoms with Gasteiger partial charge in [-0.15, -0.1) is 0 Å². The molecule has 0 bridgehead atoms. The van der Waals surface area contributed by atoms with Gasteiger partial charge in [-0.2, -0.15) is 5.10 Å². The van der Waals surface area contributed by atoms with E-state index in [0.29, 0.717) is 17.4 Å². The Labute approximate surface area is 185 Å². The van der Waals surface area contributed by atoms with E-state index >= 15 is 0 Å². The lowest BCUT2D eigenvalue weighted by atomic mass is 10.1. The summed E-state index contributed by atoms with van der Waals surface area (Å²) in [5.41, 5.74) is 3.79. The van der Waals surface area contributed by atoms with E-state index in [0.717, 1.165) is 47.4 Å². The highest BCUT2D eigenvalue weighted by atomic mass is 16.5. The number of amides is 1. The van der Waals surface area contributed by atoms with Crippen LogP contribution in [0.2, 0.25) is 0 Å². The zero-order valence-corrected chi connectivity index (χ0v) is 18.3. The van der Waals surface area contributed by atoms with Crippen molar-refractivity contribution in [3.8, 4) is 11.6 Å². The molecular weight excluding hydrogens is 406 g/mol. The lowest BCUT2D eigenvalue weighted by molar-refractivity contribution is 0.254. The molecule has 0 unspecified atom stereocenters. The van der Waals surface area contributed by atoms with Gasteiger partial charge in [-0.1, -0.05) is 0 Å². The van der Waals surface area contributed by atoms with Crippen LogP contribution in [-0.2, 0) is 13.0 Å². The van der Waals surface area contributed by atoms with Crippen LogP contribution < -0.4 is 15.4 Å². The van der Waals surface area contributed by atoms with Gasteiger partial charge in [-0.25, -0.2) is 14.8 Å². The maximum atomic E-state index is 12.9. The first-order valence-electron chi connectivity index (χ1n) is 10.7. The third kappa shape index (κ3) is 3.71. The summed E-state index contributed by atoms with van der Waals surface area (Å²) in [6, 6.07) is 9.35. The Morgan fingerprint density at radius 2 is 2.09 bits per heavy atom. The Kier molecular flexibility index (Phi) is 5.10. The van der Waals surface area contributed by atoms with E-state index in [1.165, 1.54) is 6.33 Å². The van der Waals surface area contributed by atoms with Gasteiger partial charge in [-0.3, -0.25) is 14.6 Å². The molecule has 0 spiro atoms. The molecule has 32 heavy (non-hydrogen) atoms. The van der Waals surface area contributed by atoms with Crippen molar-refractivity contribution in [1.82, 2.24) is 29.6 Å². The number of fused-ring (bicyclic) bond motifs is 2. The van der Waals surface area contributed by atoms with Crippen molar-refractivity contribution >= 4 is 22.8 Å². The normalized spacial score (nSPS) is 13.4. The highest BCUT2D eigenvalue weighted by Crippen LogP contribution is 2.29. The summed E-state index contributed by atoms with van der Waals surface area (Å²) in [6.45, 7) is 7.68. The number of anilines is 1. The molecule has 0 saturated heterocycles. The molecule has 4 heterocycles. The van der Waals surface area contributed by atoms with Crippen LogP contribution in [0, 0.1) is 6.92 Å². The first-order chi connectivity index (χ1) is 15.5. The smallest absolute Gasteiger partial charge is 0.331 e. The second kappa shape index (κ2) is 8.08. The monoisotopic (exact) mass is 431 g/mol. The van der Waals surface area contributed by atoms with E-state index in [-0.39, 0.29) is 12.1 Å². The minimum Gasteiger partial charge on any atom is -0.439 e. The lowest BCUT2D eigenvalue weighted by Gasteiger charge is -2.18. The number of rotatable bonds is 4. The highest BCUT2D eigenvalue weighted by Gasteiger charge is 2.18. The Morgan fingerprint density at radius 1 is 1.22 bits per heavy atom. The Morgan fingerprint density at radius 3 is 2.91 bits per heavy atom. The zero-order chi connectivity index (χ0) is 22.2. The molecule has 1 aromatic carbocycles. The molecule has 3 aromatic heterocycles. The molecular formula is C23H25N7O2. The molecule has 1 amide bonds. The number of nitrogens with one attached hydrogen (secondary N) is 2. The van der Waals surface area contributed by atoms with E-state index in [4.69, 9.17) is 4.74 Å². The number of carbonyl (C=O) groups is 1. The summed E-state index contributed by atoms with van der Waals surface area (Å²) in [5.74, 6) is 1.79. The topological polar surface area (TPSA) is 98.9 Å². The fourth-order valence-electron chi connectivity index (χ4n) is 4.06. The molecule has 0 radical (unpaired) electrons. The van der Waals surface area contributed by atoms with E-state index in [9.17, 15) is 4.79 Å². The van der Waals surface area contributed by atoms with Gasteiger partial charge >= 0.3 is 6.03 Å². The number of nitrogens with zero attached hydrogens (tertiary/aromatic N) is 5. The second-order valence-corrected chi connectivity index (χ2v) is 8.18. The van der Waals surface area contributed by atoms with Crippen LogP contribution >= 0.6 is 0 Å². The van der Waals surface area contributed by atoms with Crippen molar-refractivity contribution < 1.29 is 9.53 Å². The molecule has 164 valence electrons. The van der Waals surface area contributed by atoms with Gasteiger partial charge in [0, 0.05) is 41.5 Å². The van der Waals surface area contributed by atoms with E-state index < -0.39 is 0 Å². The van der Waals surface area contributed by atoms with Crippen molar-refractivity contribution in [3.63, 3.8) is 0 Å². The summed E-state index contributed by atoms with van der Waals surface area (Å²) in [7, 11) is 0. The third-order valence-electron chi connectivity index (χ3n) is 5.58. The molecule has 1 aliphatic heterocycles. The molecule has 9 nitrogen and oxygen atoms in total. The van der Waals surface area contributed by atoms with Crippen LogP contribution in [0.15, 0.2) is 42.9 Å². The van der Waals surface area contributed by atoms with Crippen molar-refractivity contribution in [2.75, 3.05) is 11.9 Å². The average Bonchev–Trinajstić information content (AvgIpc) is 3.37. The van der Waals surface area contributed by atoms with Crippen LogP contribution in [0.3, 0.4) is 0 Å². The Bertz CT molecular complexity index is 1310. The van der Waals surface area contributed by atoms with Crippen LogP contribution in [0.25, 0.3) is 10.9 Å². The Hall–Kier alpha value is -3.72. The number of hydrogen-bond acceptors (Lipinski definition) is 6. The van der Waals surface area contributed by atoms with Crippen molar-refractivity contribution in [2.24, 2.45) is 0 Å². The third-order valence-corrected chi connectivity index (χ3v) is 5.58. The standard InChI is InChI=1S/C23H25N7O2/c1-14(2)30-15(3)10-21(28-30)27-23(31)29-9-7-16-11-17(4-5-20(16)29)32-22-18-6-8-24-12-19(18)25-13-26-22/h4-5,7,9-11,13-14,24H,6,8,12H2,1-3H3,(H,27,28,31). The van der Waals surface area contributed by atoms with E-state index in [1.807, 2.05) is 41.9 Å². The molecule has 0 saturated carbocycles. The van der Waals surface area contributed by atoms with E-state index in [1.54, 1.807) is 10.8 Å². The van der Waals surface area contributed by atoms with Crippen molar-refractivity contribution in [3.05, 3.63) is 59.8 Å². The molecule has 2 N–H and O–H groups in total. The average molecular weight is 432 g/mol. The summed E-state index contributed by atoms with van der Waals surface area (Å²) in [6.07, 6.45) is 4.10. The fraction of sp³-hybridized carbons (Fsp3) is 0.304. The van der Waals surface area contributed by atoms with Gasteiger partial charge in [0.15, 0.2) is 5.82 Å². The van der Waals surface area contributed by atoms with Crippen molar-refractivity contribution in [1.29, 1.82) is 0 Å². The van der Waals surface area contributed by atoms with Gasteiger partial charge in [0.1, 0.15) is 12.1 Å². The van der Waals surface area contributed by atoms with E-state index in [2.05, 4.69) is 39.5 Å². The predicted molar refractivity (Wildman–Crippen MR) is 121 cm³/mol. The van der Waals surface area contributed by atoms with Gasteiger partial charge in [0.25, 0.3) is 0 Å². The van der Waals surface area contributed by atoms with Crippen LogP contribution in [0.5, 0.6) is 11.6 Å². The van der Waals surface area contributed by atoms with Gasteiger partial charge in [0.2, 0.25) is 5.88 Å². The Balaban J connectivity index is 1.37. The summed E-state index contributed by atoms with van der Waals surface area (Å²) < 4.78 is 9.54. The predicted octanol–water partition coefficient (Wildman–Crippen LogP) is 4.04. The quantitative estimate of drug-likeness (QED) is 0.506. The minimum absolute atomic E-state index is 0.225. The molecule has 5 rings (SSSR count). The first-order valence-corrected chi connectivity index (χ1v) is 10.7. The number of ether oxygens (including phenoxy) is 1. The number of benzene rings is 1. The van der Waals surface area contributed by atoms with Crippen LogP contribution in [0.4, 0.5) is 10.6 Å². The molecule has 1 aliphatic rings. The largest absolute Gasteiger partial charge is 0.439 e. The maximum Gasteiger partial charge on any atom is 0.331 e. The molecule has 0 fully saturated rings. The highest BCUT2D eigenvalue weighted by molar-refractivity contribution is 5.98.